The van der Waals surface area contributed by atoms with Crippen LogP contribution in [0.1, 0.15) is 60.1 Å². The van der Waals surface area contributed by atoms with Crippen LogP contribution in [0.5, 0.6) is 11.5 Å². The van der Waals surface area contributed by atoms with E-state index >= 15 is 0 Å². The SMILES string of the molecule is CC[C@@H](NC(=O)c1cc(S(=O)(=O)N2CCCCC2)ccc1OC)c1ccc(OC)c(C)c1. The van der Waals surface area contributed by atoms with E-state index in [-0.39, 0.29) is 22.4 Å². The molecule has 1 atom stereocenters. The zero-order valence-electron chi connectivity index (χ0n) is 19.2. The van der Waals surface area contributed by atoms with Crippen molar-refractivity contribution in [1.82, 2.24) is 9.62 Å². The Kier molecular flexibility index (Phi) is 7.79. The Hall–Kier alpha value is -2.58. The molecular formula is C24H32N2O5S. The second-order valence-corrected chi connectivity index (χ2v) is 9.93. The minimum Gasteiger partial charge on any atom is -0.496 e. The number of carbonyl (C=O) groups is 1. The van der Waals surface area contributed by atoms with Gasteiger partial charge in [-0.15, -0.1) is 0 Å². The molecule has 7 nitrogen and oxygen atoms in total. The molecule has 0 aromatic heterocycles. The number of hydrogen-bond acceptors (Lipinski definition) is 5. The largest absolute Gasteiger partial charge is 0.496 e. The smallest absolute Gasteiger partial charge is 0.255 e. The lowest BCUT2D eigenvalue weighted by Gasteiger charge is -2.26. The van der Waals surface area contributed by atoms with Crippen molar-refractivity contribution in [2.45, 2.75) is 50.5 Å². The number of nitrogens with zero attached hydrogens (tertiary/aromatic N) is 1. The normalized spacial score (nSPS) is 15.8. The van der Waals surface area contributed by atoms with Crippen molar-refractivity contribution >= 4 is 15.9 Å². The molecule has 1 aliphatic heterocycles. The fraction of sp³-hybridized carbons (Fsp3) is 0.458. The van der Waals surface area contributed by atoms with E-state index in [1.54, 1.807) is 13.2 Å². The standard InChI is InChI=1S/C24H32N2O5S/c1-5-21(18-9-11-22(30-3)17(2)15-18)25-24(27)20-16-19(10-12-23(20)31-4)32(28,29)26-13-7-6-8-14-26/h9-12,15-16,21H,5-8,13-14H2,1-4H3,(H,25,27)/t21-/m1/s1. The zero-order chi connectivity index (χ0) is 23.3. The van der Waals surface area contributed by atoms with Crippen LogP contribution >= 0.6 is 0 Å². The van der Waals surface area contributed by atoms with Gasteiger partial charge in [0.1, 0.15) is 11.5 Å². The van der Waals surface area contributed by atoms with Gasteiger partial charge in [0, 0.05) is 13.1 Å². The Morgan fingerprint density at radius 1 is 1.03 bits per heavy atom. The molecule has 0 spiro atoms. The maximum Gasteiger partial charge on any atom is 0.255 e. The number of aryl methyl sites for hydroxylation is 1. The number of benzene rings is 2. The quantitative estimate of drug-likeness (QED) is 0.642. The molecule has 1 N–H and O–H groups in total. The van der Waals surface area contributed by atoms with E-state index in [9.17, 15) is 13.2 Å². The highest BCUT2D eigenvalue weighted by atomic mass is 32.2. The first-order valence-corrected chi connectivity index (χ1v) is 12.4. The van der Waals surface area contributed by atoms with Crippen LogP contribution in [0.25, 0.3) is 0 Å². The molecule has 2 aromatic rings. The first-order valence-electron chi connectivity index (χ1n) is 11.0. The second kappa shape index (κ2) is 10.4. The second-order valence-electron chi connectivity index (χ2n) is 7.99. The van der Waals surface area contributed by atoms with Crippen LogP contribution < -0.4 is 14.8 Å². The van der Waals surface area contributed by atoms with E-state index in [0.29, 0.717) is 25.3 Å². The first-order chi connectivity index (χ1) is 15.3. The Bertz CT molecular complexity index is 1060. The van der Waals surface area contributed by atoms with E-state index in [1.165, 1.54) is 23.5 Å². The van der Waals surface area contributed by atoms with Crippen molar-refractivity contribution in [3.05, 3.63) is 53.1 Å². The summed E-state index contributed by atoms with van der Waals surface area (Å²) in [6, 6.07) is 10.0. The van der Waals surface area contributed by atoms with Gasteiger partial charge in [-0.3, -0.25) is 4.79 Å². The summed E-state index contributed by atoms with van der Waals surface area (Å²) in [6.45, 7) is 4.95. The molecule has 1 heterocycles. The zero-order valence-corrected chi connectivity index (χ0v) is 20.0. The maximum atomic E-state index is 13.2. The molecule has 174 valence electrons. The predicted molar refractivity (Wildman–Crippen MR) is 124 cm³/mol. The monoisotopic (exact) mass is 460 g/mol. The average Bonchev–Trinajstić information content (AvgIpc) is 2.82. The summed E-state index contributed by atoms with van der Waals surface area (Å²) < 4.78 is 38.4. The van der Waals surface area contributed by atoms with Crippen molar-refractivity contribution in [2.24, 2.45) is 0 Å². The van der Waals surface area contributed by atoms with Crippen LogP contribution in [-0.2, 0) is 10.0 Å². The molecule has 0 saturated carbocycles. The van der Waals surface area contributed by atoms with Crippen molar-refractivity contribution < 1.29 is 22.7 Å². The van der Waals surface area contributed by atoms with E-state index in [2.05, 4.69) is 5.32 Å². The van der Waals surface area contributed by atoms with Crippen molar-refractivity contribution in [3.63, 3.8) is 0 Å². The Morgan fingerprint density at radius 2 is 1.69 bits per heavy atom. The van der Waals surface area contributed by atoms with Crippen LogP contribution in [-0.4, -0.2) is 45.9 Å². The number of carbonyl (C=O) groups excluding carboxylic acids is 1. The summed E-state index contributed by atoms with van der Waals surface area (Å²) in [5.41, 5.74) is 2.13. The van der Waals surface area contributed by atoms with Gasteiger partial charge >= 0.3 is 0 Å². The van der Waals surface area contributed by atoms with E-state index in [1.807, 2.05) is 32.0 Å². The number of amides is 1. The van der Waals surface area contributed by atoms with Gasteiger partial charge in [-0.1, -0.05) is 25.5 Å². The van der Waals surface area contributed by atoms with Gasteiger partial charge < -0.3 is 14.8 Å². The minimum absolute atomic E-state index is 0.110. The van der Waals surface area contributed by atoms with Crippen molar-refractivity contribution in [1.29, 1.82) is 0 Å². The molecule has 0 unspecified atom stereocenters. The number of nitrogens with one attached hydrogen (secondary N) is 1. The van der Waals surface area contributed by atoms with Gasteiger partial charge in [-0.05, 0) is 61.6 Å². The van der Waals surface area contributed by atoms with Crippen LogP contribution in [0, 0.1) is 6.92 Å². The van der Waals surface area contributed by atoms with Crippen LogP contribution in [0.2, 0.25) is 0 Å². The van der Waals surface area contributed by atoms with Crippen LogP contribution in [0.3, 0.4) is 0 Å². The summed E-state index contributed by atoms with van der Waals surface area (Å²) in [4.78, 5) is 13.3. The molecule has 1 fully saturated rings. The summed E-state index contributed by atoms with van der Waals surface area (Å²) in [7, 11) is -0.568. The number of ether oxygens (including phenoxy) is 2. The number of hydrogen-bond donors (Lipinski definition) is 1. The lowest BCUT2D eigenvalue weighted by Crippen LogP contribution is -2.35. The molecule has 1 amide bonds. The fourth-order valence-electron chi connectivity index (χ4n) is 4.05. The number of methoxy groups -OCH3 is 2. The molecule has 8 heteroatoms. The highest BCUT2D eigenvalue weighted by molar-refractivity contribution is 7.89. The summed E-state index contributed by atoms with van der Waals surface area (Å²) >= 11 is 0. The number of sulfonamides is 1. The van der Waals surface area contributed by atoms with Gasteiger partial charge in [0.05, 0.1) is 30.7 Å². The molecule has 0 bridgehead atoms. The average molecular weight is 461 g/mol. The molecule has 1 saturated heterocycles. The highest BCUT2D eigenvalue weighted by Crippen LogP contribution is 2.28. The third-order valence-electron chi connectivity index (χ3n) is 5.90. The maximum absolute atomic E-state index is 13.2. The molecule has 3 rings (SSSR count). The van der Waals surface area contributed by atoms with Crippen LogP contribution in [0.15, 0.2) is 41.3 Å². The Morgan fingerprint density at radius 3 is 2.28 bits per heavy atom. The lowest BCUT2D eigenvalue weighted by molar-refractivity contribution is 0.0932. The number of piperidine rings is 1. The van der Waals surface area contributed by atoms with E-state index in [0.717, 1.165) is 36.1 Å². The summed E-state index contributed by atoms with van der Waals surface area (Å²) in [5, 5.41) is 3.03. The van der Waals surface area contributed by atoms with Crippen molar-refractivity contribution in [3.8, 4) is 11.5 Å². The van der Waals surface area contributed by atoms with Gasteiger partial charge in [0.15, 0.2) is 0 Å². The number of rotatable bonds is 8. The van der Waals surface area contributed by atoms with Crippen LogP contribution in [0.4, 0.5) is 0 Å². The fourth-order valence-corrected chi connectivity index (χ4v) is 5.60. The molecule has 0 aliphatic carbocycles. The van der Waals surface area contributed by atoms with Gasteiger partial charge in [0.2, 0.25) is 10.0 Å². The first kappa shape index (κ1) is 24.1. The minimum atomic E-state index is -3.66. The lowest BCUT2D eigenvalue weighted by atomic mass is 10.0. The molecule has 2 aromatic carbocycles. The van der Waals surface area contributed by atoms with Crippen molar-refractivity contribution in [2.75, 3.05) is 27.3 Å². The summed E-state index contributed by atoms with van der Waals surface area (Å²) in [5.74, 6) is 0.742. The molecule has 1 aliphatic rings. The van der Waals surface area contributed by atoms with E-state index < -0.39 is 10.0 Å². The predicted octanol–water partition coefficient (Wildman–Crippen LogP) is 4.07. The summed E-state index contributed by atoms with van der Waals surface area (Å²) in [6.07, 6.45) is 3.40. The topological polar surface area (TPSA) is 84.9 Å². The molecule has 0 radical (unpaired) electrons. The van der Waals surface area contributed by atoms with Gasteiger partial charge in [-0.2, -0.15) is 4.31 Å². The highest BCUT2D eigenvalue weighted by Gasteiger charge is 2.28. The van der Waals surface area contributed by atoms with Gasteiger partial charge in [-0.25, -0.2) is 8.42 Å². The third-order valence-corrected chi connectivity index (χ3v) is 7.80. The molecule has 32 heavy (non-hydrogen) atoms. The third kappa shape index (κ3) is 5.07. The Labute approximate surface area is 190 Å². The van der Waals surface area contributed by atoms with Gasteiger partial charge in [0.25, 0.3) is 5.91 Å². The van der Waals surface area contributed by atoms with E-state index in [4.69, 9.17) is 9.47 Å². The molecular weight excluding hydrogens is 428 g/mol. The Balaban J connectivity index is 1.89.